The van der Waals surface area contributed by atoms with Gasteiger partial charge in [-0.3, -0.25) is 0 Å². The molecule has 3 aromatic rings. The lowest BCUT2D eigenvalue weighted by atomic mass is 9.94. The molecule has 2 unspecified atom stereocenters. The normalized spacial score (nSPS) is 13.1. The SMILES string of the molecule is CC/C=C/c1cc(Nc2c(C)cc(N(CC(CC)CCCC)CC(CC)CCCC)cc2C)c2ccccc2c1O. The molecule has 41 heavy (non-hydrogen) atoms. The highest BCUT2D eigenvalue weighted by Crippen LogP contribution is 2.39. The maximum atomic E-state index is 11.0. The fourth-order valence-corrected chi connectivity index (χ4v) is 6.06. The number of nitrogens with one attached hydrogen (secondary N) is 1. The Bertz CT molecular complexity index is 1220. The summed E-state index contributed by atoms with van der Waals surface area (Å²) in [6.07, 6.45) is 15.3. The summed E-state index contributed by atoms with van der Waals surface area (Å²) >= 11 is 0. The minimum atomic E-state index is 0.345. The van der Waals surface area contributed by atoms with E-state index >= 15 is 0 Å². The molecule has 0 spiro atoms. The second-order valence-corrected chi connectivity index (χ2v) is 12.0. The molecule has 2 N–H and O–H groups in total. The molecule has 0 bridgehead atoms. The number of anilines is 3. The number of unbranched alkanes of at least 4 members (excludes halogenated alkanes) is 2. The van der Waals surface area contributed by atoms with Crippen LogP contribution in [0.5, 0.6) is 5.75 Å². The lowest BCUT2D eigenvalue weighted by Gasteiger charge is -2.33. The standard InChI is InChI=1S/C38H56N2O/c1-8-13-18-30(11-4)26-40(27-31(12-5)19-14-9-2)33-23-28(6)37(29(7)24-33)39-36-25-32(20-15-10-3)38(41)35-22-17-16-21-34(35)36/h15-17,20-25,30-31,39,41H,8-14,18-19,26-27H2,1-7H3/b20-15+. The zero-order valence-corrected chi connectivity index (χ0v) is 27.0. The van der Waals surface area contributed by atoms with Crippen LogP contribution >= 0.6 is 0 Å². The molecule has 3 nitrogen and oxygen atoms in total. The van der Waals surface area contributed by atoms with Crippen molar-refractivity contribution in [3.63, 3.8) is 0 Å². The third kappa shape index (κ3) is 8.77. The Balaban J connectivity index is 2.00. The van der Waals surface area contributed by atoms with Gasteiger partial charge in [0.1, 0.15) is 5.75 Å². The Labute approximate surface area is 251 Å². The fraction of sp³-hybridized carbons (Fsp3) is 0.526. The van der Waals surface area contributed by atoms with E-state index in [1.54, 1.807) is 0 Å². The molecule has 0 aliphatic heterocycles. The van der Waals surface area contributed by atoms with Gasteiger partial charge < -0.3 is 15.3 Å². The van der Waals surface area contributed by atoms with Crippen molar-refractivity contribution >= 4 is 33.9 Å². The highest BCUT2D eigenvalue weighted by molar-refractivity contribution is 6.02. The van der Waals surface area contributed by atoms with Gasteiger partial charge in [-0.1, -0.05) is 110 Å². The lowest BCUT2D eigenvalue weighted by molar-refractivity contribution is 0.403. The molecule has 0 aliphatic rings. The van der Waals surface area contributed by atoms with Crippen molar-refractivity contribution in [2.45, 2.75) is 106 Å². The molecule has 0 radical (unpaired) electrons. The number of fused-ring (bicyclic) bond motifs is 1. The first kappa shape index (κ1) is 32.6. The van der Waals surface area contributed by atoms with Crippen LogP contribution in [0.15, 0.2) is 48.5 Å². The van der Waals surface area contributed by atoms with Crippen molar-refractivity contribution in [3.05, 3.63) is 65.2 Å². The number of nitrogens with zero attached hydrogens (tertiary/aromatic N) is 1. The quantitative estimate of drug-likeness (QED) is 0.162. The number of aromatic hydroxyl groups is 1. The monoisotopic (exact) mass is 556 g/mol. The molecule has 0 saturated heterocycles. The average molecular weight is 557 g/mol. The van der Waals surface area contributed by atoms with Gasteiger partial charge in [-0.2, -0.15) is 0 Å². The van der Waals surface area contributed by atoms with Crippen molar-refractivity contribution in [1.82, 2.24) is 0 Å². The largest absolute Gasteiger partial charge is 0.507 e. The molecule has 0 fully saturated rings. The molecule has 3 heteroatoms. The van der Waals surface area contributed by atoms with E-state index in [1.807, 2.05) is 24.3 Å². The van der Waals surface area contributed by atoms with Crippen LogP contribution in [-0.4, -0.2) is 18.2 Å². The van der Waals surface area contributed by atoms with Gasteiger partial charge in [0.15, 0.2) is 0 Å². The first-order valence-corrected chi connectivity index (χ1v) is 16.4. The molecule has 3 aromatic carbocycles. The fourth-order valence-electron chi connectivity index (χ4n) is 6.06. The summed E-state index contributed by atoms with van der Waals surface area (Å²) in [6, 6.07) is 15.0. The molecule has 224 valence electrons. The number of aryl methyl sites for hydroxylation is 2. The maximum absolute atomic E-state index is 11.0. The Kier molecular flexibility index (Phi) is 13.1. The van der Waals surface area contributed by atoms with Crippen LogP contribution in [0, 0.1) is 25.7 Å². The van der Waals surface area contributed by atoms with E-state index in [9.17, 15) is 5.11 Å². The molecular weight excluding hydrogens is 500 g/mol. The first-order valence-electron chi connectivity index (χ1n) is 16.4. The zero-order valence-electron chi connectivity index (χ0n) is 27.0. The minimum Gasteiger partial charge on any atom is -0.507 e. The summed E-state index contributed by atoms with van der Waals surface area (Å²) in [4.78, 5) is 2.71. The Hall–Kier alpha value is -2.94. The van der Waals surface area contributed by atoms with Gasteiger partial charge in [0.25, 0.3) is 0 Å². The molecular formula is C38H56N2O. The molecule has 2 atom stereocenters. The molecule has 0 heterocycles. The molecule has 0 aliphatic carbocycles. The van der Waals surface area contributed by atoms with Crippen LogP contribution in [0.25, 0.3) is 16.8 Å². The molecule has 0 aromatic heterocycles. The number of hydrogen-bond acceptors (Lipinski definition) is 3. The summed E-state index contributed by atoms with van der Waals surface area (Å²) in [5.74, 6) is 1.81. The van der Waals surface area contributed by atoms with Gasteiger partial charge in [-0.25, -0.2) is 0 Å². The highest BCUT2D eigenvalue weighted by atomic mass is 16.3. The number of allylic oxidation sites excluding steroid dienone is 1. The van der Waals surface area contributed by atoms with E-state index in [0.717, 1.165) is 59.1 Å². The van der Waals surface area contributed by atoms with E-state index in [0.29, 0.717) is 5.75 Å². The first-order chi connectivity index (χ1) is 19.9. The summed E-state index contributed by atoms with van der Waals surface area (Å²) in [5, 5.41) is 16.7. The Morgan fingerprint density at radius 2 is 1.37 bits per heavy atom. The van der Waals surface area contributed by atoms with E-state index in [4.69, 9.17) is 0 Å². The summed E-state index contributed by atoms with van der Waals surface area (Å²) in [6.45, 7) is 18.2. The van der Waals surface area contributed by atoms with Crippen LogP contribution in [0.3, 0.4) is 0 Å². The molecule has 0 saturated carbocycles. The van der Waals surface area contributed by atoms with Gasteiger partial charge >= 0.3 is 0 Å². The Morgan fingerprint density at radius 3 is 1.88 bits per heavy atom. The number of benzene rings is 3. The van der Waals surface area contributed by atoms with Gasteiger partial charge in [0.2, 0.25) is 0 Å². The van der Waals surface area contributed by atoms with E-state index in [2.05, 4.69) is 89.0 Å². The van der Waals surface area contributed by atoms with Crippen molar-refractivity contribution < 1.29 is 5.11 Å². The van der Waals surface area contributed by atoms with Crippen LogP contribution in [-0.2, 0) is 0 Å². The smallest absolute Gasteiger partial charge is 0.130 e. The summed E-state index contributed by atoms with van der Waals surface area (Å²) in [5.41, 5.74) is 6.92. The van der Waals surface area contributed by atoms with Crippen LogP contribution < -0.4 is 10.2 Å². The van der Waals surface area contributed by atoms with E-state index in [-0.39, 0.29) is 0 Å². The van der Waals surface area contributed by atoms with Gasteiger partial charge in [0.05, 0.1) is 0 Å². The molecule has 3 rings (SSSR count). The predicted molar refractivity (Wildman–Crippen MR) is 183 cm³/mol. The lowest BCUT2D eigenvalue weighted by Crippen LogP contribution is -2.34. The number of phenolic OH excluding ortho intramolecular Hbond substituents is 1. The zero-order chi connectivity index (χ0) is 29.8. The number of phenols is 1. The Morgan fingerprint density at radius 1 is 0.805 bits per heavy atom. The topological polar surface area (TPSA) is 35.5 Å². The van der Waals surface area contributed by atoms with Crippen LogP contribution in [0.2, 0.25) is 0 Å². The van der Waals surface area contributed by atoms with Crippen molar-refractivity contribution in [2.24, 2.45) is 11.8 Å². The summed E-state index contributed by atoms with van der Waals surface area (Å²) in [7, 11) is 0. The van der Waals surface area contributed by atoms with Crippen LogP contribution in [0.1, 0.15) is 109 Å². The third-order valence-corrected chi connectivity index (χ3v) is 8.76. The van der Waals surface area contributed by atoms with Gasteiger partial charge in [0, 0.05) is 46.5 Å². The third-order valence-electron chi connectivity index (χ3n) is 8.76. The summed E-state index contributed by atoms with van der Waals surface area (Å²) < 4.78 is 0. The van der Waals surface area contributed by atoms with Gasteiger partial charge in [-0.05, 0) is 74.3 Å². The molecule has 0 amide bonds. The maximum Gasteiger partial charge on any atom is 0.130 e. The number of hydrogen-bond donors (Lipinski definition) is 2. The second-order valence-electron chi connectivity index (χ2n) is 12.0. The van der Waals surface area contributed by atoms with E-state index in [1.165, 1.54) is 68.2 Å². The van der Waals surface area contributed by atoms with Crippen molar-refractivity contribution in [2.75, 3.05) is 23.3 Å². The van der Waals surface area contributed by atoms with Gasteiger partial charge in [-0.15, -0.1) is 0 Å². The average Bonchev–Trinajstić information content (AvgIpc) is 2.98. The second kappa shape index (κ2) is 16.5. The van der Waals surface area contributed by atoms with E-state index < -0.39 is 0 Å². The highest BCUT2D eigenvalue weighted by Gasteiger charge is 2.20. The van der Waals surface area contributed by atoms with Crippen molar-refractivity contribution in [1.29, 1.82) is 0 Å². The van der Waals surface area contributed by atoms with Crippen LogP contribution in [0.4, 0.5) is 17.1 Å². The number of rotatable bonds is 17. The van der Waals surface area contributed by atoms with Crippen molar-refractivity contribution in [3.8, 4) is 5.75 Å². The predicted octanol–water partition coefficient (Wildman–Crippen LogP) is 11.6. The minimum absolute atomic E-state index is 0.345.